The maximum absolute atomic E-state index is 10.1. The molecule has 0 radical (unpaired) electrons. The summed E-state index contributed by atoms with van der Waals surface area (Å²) in [5, 5.41) is 22.0. The summed E-state index contributed by atoms with van der Waals surface area (Å²) in [6, 6.07) is 34.6. The third-order valence-corrected chi connectivity index (χ3v) is 9.24. The van der Waals surface area contributed by atoms with Gasteiger partial charge in [-0.15, -0.1) is 9.60 Å². The summed E-state index contributed by atoms with van der Waals surface area (Å²) in [5.41, 5.74) is 9.19. The number of hydrogen-bond acceptors (Lipinski definition) is 2. The van der Waals surface area contributed by atoms with Crippen LogP contribution in [0, 0.1) is 24.7 Å². The molecule has 2 fully saturated rings. The van der Waals surface area contributed by atoms with Gasteiger partial charge in [-0.25, -0.2) is 10.8 Å². The fraction of sp³-hybridized carbons (Fsp3) is 0.278. The van der Waals surface area contributed by atoms with Crippen LogP contribution in [0.3, 0.4) is 0 Å². The Morgan fingerprint density at radius 1 is 0.619 bits per heavy atom. The molecule has 4 aromatic carbocycles. The summed E-state index contributed by atoms with van der Waals surface area (Å²) in [6.45, 7) is 11.3. The molecule has 2 aliphatic rings. The monoisotopic (exact) mass is 558 g/mol. The van der Waals surface area contributed by atoms with Crippen LogP contribution in [0.2, 0.25) is 0 Å². The first-order chi connectivity index (χ1) is 20.3. The maximum Gasteiger partial charge on any atom is 0.353 e. The zero-order chi connectivity index (χ0) is 29.5. The molecule has 2 N–H and O–H groups in total. The van der Waals surface area contributed by atoms with Gasteiger partial charge < -0.3 is 0 Å². The number of nitrogens with one attached hydrogen (secondary N) is 2. The second kappa shape index (κ2) is 10.9. The van der Waals surface area contributed by atoms with E-state index in [1.807, 2.05) is 0 Å². The van der Waals surface area contributed by atoms with Gasteiger partial charge in [0.2, 0.25) is 0 Å². The van der Waals surface area contributed by atoms with E-state index in [1.54, 1.807) is 0 Å². The molecule has 6 rings (SSSR count). The van der Waals surface area contributed by atoms with E-state index in [2.05, 4.69) is 135 Å². The molecule has 0 amide bonds. The molecule has 6 nitrogen and oxygen atoms in total. The molecule has 0 saturated carbocycles. The number of rotatable bonds is 7. The highest BCUT2D eigenvalue weighted by Crippen LogP contribution is 2.44. The quantitative estimate of drug-likeness (QED) is 0.229. The lowest BCUT2D eigenvalue weighted by atomic mass is 10.1. The van der Waals surface area contributed by atoms with Gasteiger partial charge in [0.25, 0.3) is 0 Å². The van der Waals surface area contributed by atoms with Gasteiger partial charge in [-0.2, -0.15) is 4.48 Å². The van der Waals surface area contributed by atoms with Gasteiger partial charge >= 0.3 is 11.9 Å². The van der Waals surface area contributed by atoms with Crippen molar-refractivity contribution in [3.8, 4) is 0 Å². The van der Waals surface area contributed by atoms with Crippen molar-refractivity contribution in [1.29, 1.82) is 10.8 Å². The highest BCUT2D eigenvalue weighted by atomic mass is 15.9. The van der Waals surface area contributed by atoms with Gasteiger partial charge in [0, 0.05) is 42.1 Å². The Hall–Kier alpha value is -4.26. The van der Waals surface area contributed by atoms with E-state index in [9.17, 15) is 10.8 Å². The van der Waals surface area contributed by atoms with Crippen LogP contribution in [0.5, 0.6) is 0 Å². The SMILES string of the molecule is CCc1cccc([N+]2(c3cccc(CC)c3)CCN([N+]3(c4ccc(C)cc4)CCN(c4ccc(C)cc4)C3=N)C2=N)c1. The highest BCUT2D eigenvalue weighted by molar-refractivity contribution is 6.07. The molecule has 4 aromatic rings. The van der Waals surface area contributed by atoms with Gasteiger partial charge in [0.05, 0.1) is 6.54 Å². The predicted octanol–water partition coefficient (Wildman–Crippen LogP) is 7.70. The minimum atomic E-state index is 0.202. The van der Waals surface area contributed by atoms with Crippen molar-refractivity contribution in [1.82, 2.24) is 14.1 Å². The van der Waals surface area contributed by atoms with E-state index in [0.29, 0.717) is 36.0 Å². The zero-order valence-electron chi connectivity index (χ0n) is 25.3. The molecule has 0 aromatic heterocycles. The van der Waals surface area contributed by atoms with Gasteiger partial charge in [0.15, 0.2) is 5.69 Å². The number of benzene rings is 4. The maximum atomic E-state index is 10.1. The second-order valence-electron chi connectivity index (χ2n) is 11.7. The van der Waals surface area contributed by atoms with Crippen LogP contribution in [0.15, 0.2) is 97.1 Å². The number of guanidine groups is 2. The smallest absolute Gasteiger partial charge is 0.273 e. The standard InChI is InChI=1S/C36H42N6/c1-5-29-9-7-11-33(25-29)41(34-12-8-10-30(6-2)26-34)23-22-40(36(41)38)42(32-19-15-28(4)16-20-32)24-21-39(35(42)37)31-17-13-27(3)14-18-31/h7-20,25-26,37-38H,5-6,21-24H2,1-4H3/q+2. The first kappa shape index (κ1) is 27.9. The Labute approximate surface area is 250 Å². The van der Waals surface area contributed by atoms with Crippen molar-refractivity contribution in [2.45, 2.75) is 40.5 Å². The fourth-order valence-electron chi connectivity index (χ4n) is 6.71. The second-order valence-corrected chi connectivity index (χ2v) is 11.7. The zero-order valence-corrected chi connectivity index (χ0v) is 25.3. The molecule has 0 bridgehead atoms. The molecule has 2 heterocycles. The lowest BCUT2D eigenvalue weighted by Gasteiger charge is -2.40. The third-order valence-electron chi connectivity index (χ3n) is 9.24. The van der Waals surface area contributed by atoms with E-state index in [1.165, 1.54) is 22.3 Å². The van der Waals surface area contributed by atoms with Crippen molar-refractivity contribution in [2.75, 3.05) is 31.1 Å². The lowest BCUT2D eigenvalue weighted by Crippen LogP contribution is -2.66. The normalized spacial score (nSPS) is 20.0. The molecular weight excluding hydrogens is 516 g/mol. The minimum absolute atomic E-state index is 0.202. The van der Waals surface area contributed by atoms with Crippen LogP contribution < -0.4 is 14.0 Å². The van der Waals surface area contributed by atoms with Crippen LogP contribution in [-0.4, -0.2) is 43.1 Å². The summed E-state index contributed by atoms with van der Waals surface area (Å²) in [5.74, 6) is 0.990. The lowest BCUT2D eigenvalue weighted by molar-refractivity contribution is 0.166. The average Bonchev–Trinajstić information content (AvgIpc) is 3.55. The van der Waals surface area contributed by atoms with Crippen molar-refractivity contribution >= 4 is 34.7 Å². The molecule has 0 aliphatic carbocycles. The Morgan fingerprint density at radius 2 is 1.17 bits per heavy atom. The fourth-order valence-corrected chi connectivity index (χ4v) is 6.71. The number of nitrogens with zero attached hydrogens (tertiary/aromatic N) is 4. The van der Waals surface area contributed by atoms with Gasteiger partial charge in [-0.3, -0.25) is 4.90 Å². The molecular formula is C36H42N6+2. The van der Waals surface area contributed by atoms with Crippen molar-refractivity contribution in [3.05, 3.63) is 119 Å². The summed E-state index contributed by atoms with van der Waals surface area (Å²) in [7, 11) is 0. The largest absolute Gasteiger partial charge is 0.353 e. The molecule has 0 spiro atoms. The molecule has 1 atom stereocenters. The number of aryl methyl sites for hydroxylation is 4. The first-order valence-corrected chi connectivity index (χ1v) is 15.2. The van der Waals surface area contributed by atoms with E-state index < -0.39 is 0 Å². The van der Waals surface area contributed by atoms with E-state index in [-0.39, 0.29) is 4.59 Å². The van der Waals surface area contributed by atoms with E-state index in [0.717, 1.165) is 42.1 Å². The highest BCUT2D eigenvalue weighted by Gasteiger charge is 2.61. The van der Waals surface area contributed by atoms with Crippen molar-refractivity contribution in [2.24, 2.45) is 0 Å². The van der Waals surface area contributed by atoms with E-state index in [4.69, 9.17) is 0 Å². The van der Waals surface area contributed by atoms with Crippen LogP contribution in [0.4, 0.5) is 22.7 Å². The molecule has 1 unspecified atom stereocenters. The summed E-state index contributed by atoms with van der Waals surface area (Å²) in [6.07, 6.45) is 1.89. The van der Waals surface area contributed by atoms with Gasteiger partial charge in [0.1, 0.15) is 31.0 Å². The van der Waals surface area contributed by atoms with Crippen LogP contribution in [0.1, 0.15) is 36.1 Å². The molecule has 2 saturated heterocycles. The molecule has 42 heavy (non-hydrogen) atoms. The van der Waals surface area contributed by atoms with Crippen molar-refractivity contribution in [3.63, 3.8) is 0 Å². The Morgan fingerprint density at radius 3 is 1.71 bits per heavy atom. The third kappa shape index (κ3) is 4.34. The Bertz CT molecular complexity index is 1580. The summed E-state index contributed by atoms with van der Waals surface area (Å²) in [4.78, 5) is 2.12. The van der Waals surface area contributed by atoms with Gasteiger partial charge in [-0.05, 0) is 49.9 Å². The van der Waals surface area contributed by atoms with Gasteiger partial charge in [-0.1, -0.05) is 73.5 Å². The molecule has 6 heteroatoms. The Kier molecular flexibility index (Phi) is 7.21. The van der Waals surface area contributed by atoms with Crippen LogP contribution >= 0.6 is 0 Å². The van der Waals surface area contributed by atoms with E-state index >= 15 is 0 Å². The summed E-state index contributed by atoms with van der Waals surface area (Å²) < 4.78 is 0.541. The Balaban J connectivity index is 1.52. The molecule has 2 aliphatic heterocycles. The summed E-state index contributed by atoms with van der Waals surface area (Å²) >= 11 is 0. The molecule has 214 valence electrons. The number of quaternary nitrogens is 2. The topological polar surface area (TPSA) is 54.2 Å². The average molecular weight is 559 g/mol. The predicted molar refractivity (Wildman–Crippen MR) is 176 cm³/mol. The number of hydrogen-bond donors (Lipinski definition) is 2. The van der Waals surface area contributed by atoms with Crippen LogP contribution in [0.25, 0.3) is 0 Å². The van der Waals surface area contributed by atoms with Crippen LogP contribution in [-0.2, 0) is 12.8 Å². The van der Waals surface area contributed by atoms with Crippen molar-refractivity contribution < 1.29 is 0 Å². The minimum Gasteiger partial charge on any atom is -0.273 e. The first-order valence-electron chi connectivity index (χ1n) is 15.2. The number of anilines is 1.